The molecular formula is C10H14N6O2Se. The van der Waals surface area contributed by atoms with Crippen molar-refractivity contribution in [3.63, 3.8) is 0 Å². The second-order valence-corrected chi connectivity index (χ2v) is 5.77. The summed E-state index contributed by atoms with van der Waals surface area (Å²) in [6.45, 7) is 2.65. The van der Waals surface area contributed by atoms with Crippen LogP contribution in [0.5, 0.6) is 0 Å². The molecule has 2 aromatic heterocycles. The molecule has 0 bridgehead atoms. The van der Waals surface area contributed by atoms with Gasteiger partial charge in [0.15, 0.2) is 0 Å². The molecule has 8 nitrogen and oxygen atoms in total. The molecule has 0 atom stereocenters. The molecule has 0 unspecified atom stereocenters. The molecule has 0 aliphatic heterocycles. The van der Waals surface area contributed by atoms with Crippen molar-refractivity contribution in [3.8, 4) is 0 Å². The number of anilines is 2. The first-order valence-corrected chi connectivity index (χ1v) is 7.20. The number of carbonyl (C=O) groups excluding carboxylic acids is 1. The number of ether oxygens (including phenoxy) is 1. The van der Waals surface area contributed by atoms with Gasteiger partial charge in [-0.3, -0.25) is 0 Å². The SMILES string of the molecule is CCOCn1c(N)c([Se]C(N)=O)c2c(N)ncnc21. The van der Waals surface area contributed by atoms with Crippen LogP contribution in [0.2, 0.25) is 0 Å². The third-order valence-corrected chi connectivity index (χ3v) is 4.21. The van der Waals surface area contributed by atoms with Crippen LogP contribution < -0.4 is 21.7 Å². The number of primary amides is 1. The van der Waals surface area contributed by atoms with E-state index in [9.17, 15) is 4.79 Å². The van der Waals surface area contributed by atoms with Gasteiger partial charge in [-0.25, -0.2) is 0 Å². The maximum atomic E-state index is 11.2. The predicted molar refractivity (Wildman–Crippen MR) is 73.0 cm³/mol. The van der Waals surface area contributed by atoms with Gasteiger partial charge in [-0.2, -0.15) is 0 Å². The summed E-state index contributed by atoms with van der Waals surface area (Å²) < 4.78 is 7.61. The summed E-state index contributed by atoms with van der Waals surface area (Å²) in [7, 11) is 0. The van der Waals surface area contributed by atoms with Crippen LogP contribution in [0.4, 0.5) is 16.4 Å². The van der Waals surface area contributed by atoms with Crippen LogP contribution in [0.15, 0.2) is 6.33 Å². The molecule has 0 aliphatic rings. The third kappa shape index (κ3) is 2.48. The fourth-order valence-electron chi connectivity index (χ4n) is 1.69. The number of amides is 1. The van der Waals surface area contributed by atoms with Gasteiger partial charge in [-0.05, 0) is 0 Å². The van der Waals surface area contributed by atoms with E-state index in [0.29, 0.717) is 27.9 Å². The van der Waals surface area contributed by atoms with E-state index in [1.54, 1.807) is 4.57 Å². The molecule has 9 heteroatoms. The second-order valence-electron chi connectivity index (χ2n) is 3.64. The Labute approximate surface area is 115 Å². The van der Waals surface area contributed by atoms with Crippen LogP contribution in [-0.4, -0.2) is 40.9 Å². The number of nitrogen functional groups attached to an aromatic ring is 2. The van der Waals surface area contributed by atoms with Crippen LogP contribution in [-0.2, 0) is 11.5 Å². The fraction of sp³-hybridized carbons (Fsp3) is 0.300. The number of fused-ring (bicyclic) bond motifs is 1. The Kier molecular flexibility index (Phi) is 3.89. The quantitative estimate of drug-likeness (QED) is 0.602. The van der Waals surface area contributed by atoms with Gasteiger partial charge in [0.05, 0.1) is 0 Å². The van der Waals surface area contributed by atoms with Gasteiger partial charge < -0.3 is 0 Å². The summed E-state index contributed by atoms with van der Waals surface area (Å²) in [6, 6.07) is 0. The molecule has 0 aliphatic carbocycles. The monoisotopic (exact) mass is 330 g/mol. The number of nitrogens with two attached hydrogens (primary N) is 3. The fourth-order valence-corrected chi connectivity index (χ4v) is 3.19. The summed E-state index contributed by atoms with van der Waals surface area (Å²) in [5.41, 5.74) is 17.7. The molecule has 19 heavy (non-hydrogen) atoms. The Morgan fingerprint density at radius 1 is 1.47 bits per heavy atom. The molecule has 0 spiro atoms. The van der Waals surface area contributed by atoms with Crippen LogP contribution in [0.25, 0.3) is 11.0 Å². The maximum absolute atomic E-state index is 11.2. The first-order valence-electron chi connectivity index (χ1n) is 5.49. The molecule has 2 rings (SSSR count). The summed E-state index contributed by atoms with van der Waals surface area (Å²) in [6.07, 6.45) is 1.35. The van der Waals surface area contributed by atoms with Crippen molar-refractivity contribution in [1.82, 2.24) is 14.5 Å². The first kappa shape index (κ1) is 13.6. The summed E-state index contributed by atoms with van der Waals surface area (Å²) >= 11 is -0.626. The molecule has 0 saturated carbocycles. The van der Waals surface area contributed by atoms with Gasteiger partial charge in [-0.15, -0.1) is 0 Å². The zero-order chi connectivity index (χ0) is 14.0. The summed E-state index contributed by atoms with van der Waals surface area (Å²) in [4.78, 5) is 18.8. The number of aromatic nitrogens is 3. The Morgan fingerprint density at radius 3 is 2.84 bits per heavy atom. The number of rotatable bonds is 5. The number of nitrogens with zero attached hydrogens (tertiary/aromatic N) is 3. The molecule has 0 aromatic carbocycles. The van der Waals surface area contributed by atoms with Gasteiger partial charge in [0, 0.05) is 0 Å². The molecule has 6 N–H and O–H groups in total. The average molecular weight is 329 g/mol. The Hall–Kier alpha value is -1.83. The topological polar surface area (TPSA) is 135 Å². The molecule has 102 valence electrons. The first-order chi connectivity index (χ1) is 9.06. The minimum atomic E-state index is -0.626. The van der Waals surface area contributed by atoms with Crippen molar-refractivity contribution in [2.24, 2.45) is 5.73 Å². The Bertz CT molecular complexity index is 626. The molecular weight excluding hydrogens is 315 g/mol. The van der Waals surface area contributed by atoms with Gasteiger partial charge in [0.1, 0.15) is 0 Å². The minimum absolute atomic E-state index is 0.240. The summed E-state index contributed by atoms with van der Waals surface area (Å²) in [5, 5.41) is 0.582. The van der Waals surface area contributed by atoms with E-state index in [1.165, 1.54) is 6.33 Å². The van der Waals surface area contributed by atoms with Gasteiger partial charge in [0.25, 0.3) is 0 Å². The average Bonchev–Trinajstić information content (AvgIpc) is 2.61. The number of hydrogen-bond acceptors (Lipinski definition) is 6. The number of carbonyl (C=O) groups is 1. The van der Waals surface area contributed by atoms with E-state index in [1.807, 2.05) is 6.92 Å². The number of hydrogen-bond donors (Lipinski definition) is 3. The van der Waals surface area contributed by atoms with Crippen molar-refractivity contribution in [1.29, 1.82) is 0 Å². The van der Waals surface area contributed by atoms with E-state index < -0.39 is 19.8 Å². The Balaban J connectivity index is 2.65. The standard InChI is InChI=1S/C10H14N6O2Se/c1-2-18-4-16-8(12)6(19-10(13)17)5-7(11)14-3-15-9(5)16/h3H,2,4,12H2,1H3,(H2,13,17)(H2,11,14,15). The van der Waals surface area contributed by atoms with Crippen molar-refractivity contribution in [2.45, 2.75) is 13.7 Å². The molecule has 0 radical (unpaired) electrons. The van der Waals surface area contributed by atoms with E-state index in [0.717, 1.165) is 0 Å². The molecule has 1 amide bonds. The molecule has 2 heterocycles. The third-order valence-electron chi connectivity index (χ3n) is 2.49. The van der Waals surface area contributed by atoms with Crippen LogP contribution in [0.1, 0.15) is 6.92 Å². The van der Waals surface area contributed by atoms with E-state index in [-0.39, 0.29) is 12.5 Å². The molecule has 0 fully saturated rings. The van der Waals surface area contributed by atoms with Crippen molar-refractivity contribution in [3.05, 3.63) is 6.33 Å². The van der Waals surface area contributed by atoms with Crippen molar-refractivity contribution in [2.75, 3.05) is 18.1 Å². The predicted octanol–water partition coefficient (Wildman–Crippen LogP) is -1.00. The van der Waals surface area contributed by atoms with E-state index in [2.05, 4.69) is 9.97 Å². The normalized spacial score (nSPS) is 11.0. The van der Waals surface area contributed by atoms with Gasteiger partial charge in [0.2, 0.25) is 0 Å². The van der Waals surface area contributed by atoms with E-state index in [4.69, 9.17) is 21.9 Å². The zero-order valence-corrected chi connectivity index (χ0v) is 12.0. The molecule has 0 saturated heterocycles. The Morgan fingerprint density at radius 2 is 2.21 bits per heavy atom. The van der Waals surface area contributed by atoms with Gasteiger partial charge in [-0.1, -0.05) is 0 Å². The van der Waals surface area contributed by atoms with Crippen molar-refractivity contribution < 1.29 is 9.53 Å². The van der Waals surface area contributed by atoms with Gasteiger partial charge >= 0.3 is 115 Å². The van der Waals surface area contributed by atoms with Crippen molar-refractivity contribution >= 4 is 46.9 Å². The van der Waals surface area contributed by atoms with Crippen LogP contribution in [0, 0.1) is 0 Å². The second kappa shape index (κ2) is 5.43. The van der Waals surface area contributed by atoms with Crippen LogP contribution in [0.3, 0.4) is 0 Å². The zero-order valence-electron chi connectivity index (χ0n) is 10.3. The summed E-state index contributed by atoms with van der Waals surface area (Å²) in [5.74, 6) is 0.680. The van der Waals surface area contributed by atoms with E-state index >= 15 is 0 Å². The van der Waals surface area contributed by atoms with Crippen LogP contribution >= 0.6 is 0 Å². The molecule has 2 aromatic rings.